The van der Waals surface area contributed by atoms with Crippen molar-refractivity contribution in [1.29, 1.82) is 0 Å². The molecule has 1 unspecified atom stereocenters. The van der Waals surface area contributed by atoms with Gasteiger partial charge in [0.05, 0.1) is 17.5 Å². The lowest BCUT2D eigenvalue weighted by Crippen LogP contribution is -2.33. The van der Waals surface area contributed by atoms with Crippen LogP contribution in [-0.2, 0) is 9.59 Å². The maximum atomic E-state index is 13.1. The number of amides is 1. The average Bonchev–Trinajstić information content (AvgIpc) is 3.49. The third-order valence-electron chi connectivity index (χ3n) is 6.05. The Morgan fingerprint density at radius 1 is 1.19 bits per heavy atom. The van der Waals surface area contributed by atoms with E-state index in [2.05, 4.69) is 23.7 Å². The van der Waals surface area contributed by atoms with Crippen LogP contribution in [0.15, 0.2) is 52.8 Å². The molecule has 4 heterocycles. The van der Waals surface area contributed by atoms with Crippen molar-refractivity contribution in [2.45, 2.75) is 33.2 Å². The number of carbonyl (C=O) groups is 2. The smallest absolute Gasteiger partial charge is 0.295 e. The average molecular weight is 437 g/mol. The van der Waals surface area contributed by atoms with Gasteiger partial charge in [0.25, 0.3) is 11.7 Å². The fourth-order valence-corrected chi connectivity index (χ4v) is 4.38. The van der Waals surface area contributed by atoms with Crippen molar-refractivity contribution >= 4 is 23.1 Å². The molecule has 1 atom stereocenters. The highest BCUT2D eigenvalue weighted by atomic mass is 16.3. The SMILES string of the molecule is CCN(CC)CCCN1C(=O)C(=O)/C(=C(/O)c2c(C)nc3ccccn23)C1c1ccco1. The lowest BCUT2D eigenvalue weighted by atomic mass is 10.0. The quantitative estimate of drug-likeness (QED) is 0.331. The van der Waals surface area contributed by atoms with Crippen molar-refractivity contribution < 1.29 is 19.1 Å². The van der Waals surface area contributed by atoms with Crippen LogP contribution >= 0.6 is 0 Å². The van der Waals surface area contributed by atoms with Gasteiger partial charge >= 0.3 is 0 Å². The fraction of sp³-hybridized carbons (Fsp3) is 0.375. The summed E-state index contributed by atoms with van der Waals surface area (Å²) >= 11 is 0. The number of aliphatic hydroxyl groups excluding tert-OH is 1. The first-order valence-corrected chi connectivity index (χ1v) is 11.0. The number of fused-ring (bicyclic) bond motifs is 1. The predicted molar refractivity (Wildman–Crippen MR) is 120 cm³/mol. The van der Waals surface area contributed by atoms with Crippen molar-refractivity contribution in [1.82, 2.24) is 19.2 Å². The molecule has 3 aromatic heterocycles. The van der Waals surface area contributed by atoms with Crippen LogP contribution in [0.4, 0.5) is 0 Å². The Hall–Kier alpha value is -3.39. The highest BCUT2D eigenvalue weighted by Crippen LogP contribution is 2.40. The van der Waals surface area contributed by atoms with Crippen LogP contribution in [0.2, 0.25) is 0 Å². The summed E-state index contributed by atoms with van der Waals surface area (Å²) in [5.74, 6) is -1.14. The van der Waals surface area contributed by atoms with Crippen molar-refractivity contribution in [2.24, 2.45) is 0 Å². The predicted octanol–water partition coefficient (Wildman–Crippen LogP) is 3.39. The van der Waals surface area contributed by atoms with E-state index in [-0.39, 0.29) is 11.3 Å². The zero-order chi connectivity index (χ0) is 22.8. The number of Topliss-reactive ketones (excluding diaryl/α,β-unsaturated/α-hetero) is 1. The van der Waals surface area contributed by atoms with E-state index in [1.165, 1.54) is 11.2 Å². The van der Waals surface area contributed by atoms with Crippen LogP contribution in [0, 0.1) is 6.92 Å². The minimum Gasteiger partial charge on any atom is -0.505 e. The molecule has 32 heavy (non-hydrogen) atoms. The highest BCUT2D eigenvalue weighted by Gasteiger charge is 2.47. The molecular formula is C24H28N4O4. The van der Waals surface area contributed by atoms with Gasteiger partial charge in [-0.1, -0.05) is 19.9 Å². The third-order valence-corrected chi connectivity index (χ3v) is 6.05. The summed E-state index contributed by atoms with van der Waals surface area (Å²) in [6.45, 7) is 9.00. The number of ketones is 1. The molecule has 1 aliphatic rings. The zero-order valence-electron chi connectivity index (χ0n) is 18.6. The van der Waals surface area contributed by atoms with Crippen LogP contribution in [0.3, 0.4) is 0 Å². The molecule has 1 aliphatic heterocycles. The third kappa shape index (κ3) is 3.71. The van der Waals surface area contributed by atoms with E-state index >= 15 is 0 Å². The van der Waals surface area contributed by atoms with Gasteiger partial charge in [0.1, 0.15) is 23.1 Å². The van der Waals surface area contributed by atoms with E-state index in [1.807, 2.05) is 18.2 Å². The largest absolute Gasteiger partial charge is 0.505 e. The number of imidazole rings is 1. The van der Waals surface area contributed by atoms with Crippen LogP contribution < -0.4 is 0 Å². The maximum absolute atomic E-state index is 13.1. The number of rotatable bonds is 8. The monoisotopic (exact) mass is 436 g/mol. The molecule has 0 saturated carbocycles. The summed E-state index contributed by atoms with van der Waals surface area (Å²) in [5, 5.41) is 11.3. The number of hydrogen-bond acceptors (Lipinski definition) is 6. The van der Waals surface area contributed by atoms with Gasteiger partial charge in [-0.3, -0.25) is 14.0 Å². The number of carbonyl (C=O) groups excluding carboxylic acids is 2. The number of hydrogen-bond donors (Lipinski definition) is 1. The molecule has 8 heteroatoms. The lowest BCUT2D eigenvalue weighted by molar-refractivity contribution is -0.140. The molecular weight excluding hydrogens is 408 g/mol. The molecule has 0 bridgehead atoms. The van der Waals surface area contributed by atoms with E-state index in [1.54, 1.807) is 29.7 Å². The van der Waals surface area contributed by atoms with Gasteiger partial charge < -0.3 is 19.3 Å². The van der Waals surface area contributed by atoms with Crippen molar-refractivity contribution in [2.75, 3.05) is 26.2 Å². The summed E-state index contributed by atoms with van der Waals surface area (Å²) in [7, 11) is 0. The van der Waals surface area contributed by atoms with E-state index in [0.29, 0.717) is 35.8 Å². The van der Waals surface area contributed by atoms with Gasteiger partial charge in [-0.25, -0.2) is 4.98 Å². The molecule has 4 rings (SSSR count). The number of aromatic nitrogens is 2. The van der Waals surface area contributed by atoms with Gasteiger partial charge in [0.15, 0.2) is 5.76 Å². The Kier molecular flexibility index (Phi) is 6.14. The summed E-state index contributed by atoms with van der Waals surface area (Å²) in [6.07, 6.45) is 3.98. The molecule has 1 amide bonds. The van der Waals surface area contributed by atoms with E-state index < -0.39 is 17.7 Å². The molecule has 0 aromatic carbocycles. The second-order valence-electron chi connectivity index (χ2n) is 7.86. The summed E-state index contributed by atoms with van der Waals surface area (Å²) in [6, 6.07) is 8.15. The van der Waals surface area contributed by atoms with Crippen molar-refractivity contribution in [3.05, 3.63) is 65.5 Å². The van der Waals surface area contributed by atoms with Crippen LogP contribution in [0.5, 0.6) is 0 Å². The Morgan fingerprint density at radius 2 is 1.97 bits per heavy atom. The number of likely N-dealkylation sites (tertiary alicyclic amines) is 1. The maximum Gasteiger partial charge on any atom is 0.295 e. The Balaban J connectivity index is 1.77. The Morgan fingerprint density at radius 3 is 2.66 bits per heavy atom. The molecule has 0 spiro atoms. The molecule has 0 radical (unpaired) electrons. The summed E-state index contributed by atoms with van der Waals surface area (Å²) < 4.78 is 7.33. The first-order valence-electron chi connectivity index (χ1n) is 11.0. The molecule has 1 fully saturated rings. The Bertz CT molecular complexity index is 1160. The topological polar surface area (TPSA) is 91.3 Å². The van der Waals surface area contributed by atoms with Crippen molar-refractivity contribution in [3.63, 3.8) is 0 Å². The molecule has 1 N–H and O–H groups in total. The van der Waals surface area contributed by atoms with Gasteiger partial charge in [-0.15, -0.1) is 0 Å². The van der Waals surface area contributed by atoms with Crippen LogP contribution in [-0.4, -0.2) is 62.2 Å². The van der Waals surface area contributed by atoms with Crippen molar-refractivity contribution in [3.8, 4) is 0 Å². The number of pyridine rings is 1. The first kappa shape index (κ1) is 21.8. The van der Waals surface area contributed by atoms with Gasteiger partial charge in [-0.2, -0.15) is 0 Å². The fourth-order valence-electron chi connectivity index (χ4n) is 4.38. The zero-order valence-corrected chi connectivity index (χ0v) is 18.6. The normalized spacial score (nSPS) is 18.4. The minimum atomic E-state index is -0.782. The number of aliphatic hydroxyl groups is 1. The van der Waals surface area contributed by atoms with Gasteiger partial charge in [-0.05, 0) is 57.2 Å². The van der Waals surface area contributed by atoms with Gasteiger partial charge in [0, 0.05) is 12.7 Å². The Labute approximate surface area is 186 Å². The highest BCUT2D eigenvalue weighted by molar-refractivity contribution is 6.46. The molecule has 168 valence electrons. The molecule has 3 aromatic rings. The first-order chi connectivity index (χ1) is 15.5. The molecule has 8 nitrogen and oxygen atoms in total. The number of aryl methyl sites for hydroxylation is 1. The van der Waals surface area contributed by atoms with E-state index in [4.69, 9.17) is 4.42 Å². The standard InChI is InChI=1S/C24H28N4O4/c1-4-26(5-2)12-9-14-28-21(17-10-8-15-32-17)19(23(30)24(28)31)22(29)20-16(3)25-18-11-6-7-13-27(18)20/h6-8,10-11,13,15,21,29H,4-5,9,12,14H2,1-3H3/b22-19+. The summed E-state index contributed by atoms with van der Waals surface area (Å²) in [4.78, 5) is 34.4. The van der Waals surface area contributed by atoms with Crippen LogP contribution in [0.25, 0.3) is 11.4 Å². The minimum absolute atomic E-state index is 0.0292. The van der Waals surface area contributed by atoms with Crippen LogP contribution in [0.1, 0.15) is 43.5 Å². The second kappa shape index (κ2) is 9.00. The molecule has 1 saturated heterocycles. The summed E-state index contributed by atoms with van der Waals surface area (Å²) in [5.41, 5.74) is 1.65. The van der Waals surface area contributed by atoms with E-state index in [0.717, 1.165) is 19.6 Å². The number of nitrogens with zero attached hydrogens (tertiary/aromatic N) is 4. The van der Waals surface area contributed by atoms with E-state index in [9.17, 15) is 14.7 Å². The second-order valence-corrected chi connectivity index (χ2v) is 7.86. The number of furan rings is 1. The van der Waals surface area contributed by atoms with Gasteiger partial charge in [0.2, 0.25) is 0 Å². The lowest BCUT2D eigenvalue weighted by Gasteiger charge is -2.25. The molecule has 0 aliphatic carbocycles.